The van der Waals surface area contributed by atoms with Crippen LogP contribution in [0.2, 0.25) is 0 Å². The third-order valence-electron chi connectivity index (χ3n) is 4.73. The molecule has 0 saturated carbocycles. The third kappa shape index (κ3) is 2.42. The van der Waals surface area contributed by atoms with Crippen molar-refractivity contribution in [1.82, 2.24) is 4.90 Å². The average Bonchev–Trinajstić information content (AvgIpc) is 3.13. The molecule has 1 aliphatic heterocycles. The largest absolute Gasteiger partial charge is 0.469 e. The fourth-order valence-electron chi connectivity index (χ4n) is 3.37. The van der Waals surface area contributed by atoms with Gasteiger partial charge in [-0.05, 0) is 25.8 Å². The summed E-state index contributed by atoms with van der Waals surface area (Å²) in [4.78, 5) is 26.7. The summed E-state index contributed by atoms with van der Waals surface area (Å²) < 4.78 is 5.32. The van der Waals surface area contributed by atoms with Gasteiger partial charge >= 0.3 is 0 Å². The maximum absolute atomic E-state index is 12.8. The molecule has 5 nitrogen and oxygen atoms in total. The van der Waals surface area contributed by atoms with Gasteiger partial charge in [0.15, 0.2) is 0 Å². The Morgan fingerprint density at radius 3 is 2.48 bits per heavy atom. The topological polar surface area (TPSA) is 76.5 Å². The van der Waals surface area contributed by atoms with Gasteiger partial charge in [-0.25, -0.2) is 0 Å². The van der Waals surface area contributed by atoms with Gasteiger partial charge in [-0.2, -0.15) is 0 Å². The summed E-state index contributed by atoms with van der Waals surface area (Å²) in [5.74, 6) is 0.108. The fourth-order valence-corrected chi connectivity index (χ4v) is 3.37. The van der Waals surface area contributed by atoms with Gasteiger partial charge in [0, 0.05) is 18.7 Å². The number of carbonyl (C=O) groups is 2. The van der Waals surface area contributed by atoms with Crippen LogP contribution in [0.3, 0.4) is 0 Å². The van der Waals surface area contributed by atoms with Crippen molar-refractivity contribution in [3.8, 4) is 0 Å². The maximum Gasteiger partial charge on any atom is 0.257 e. The zero-order valence-corrected chi connectivity index (χ0v) is 13.3. The highest BCUT2D eigenvalue weighted by Gasteiger charge is 2.46. The number of likely N-dealkylation sites (tertiary alicyclic amines) is 1. The number of primary amides is 1. The maximum atomic E-state index is 12.8. The number of nitrogens with zero attached hydrogens (tertiary/aromatic N) is 1. The molecule has 2 heterocycles. The molecular formula is C18H20N2O3. The zero-order chi connectivity index (χ0) is 16.6. The molecule has 1 unspecified atom stereocenters. The van der Waals surface area contributed by atoms with E-state index >= 15 is 0 Å². The van der Waals surface area contributed by atoms with Crippen molar-refractivity contribution in [2.24, 2.45) is 5.73 Å². The standard InChI is InChI=1S/C18H20N2O3/c1-12-10-23-13(2)15(12)16(21)20-9-8-18(11-20,17(19)22)14-6-4-3-5-7-14/h3-7,10H,8-9,11H2,1-2H3,(H2,19,22). The molecule has 1 atom stereocenters. The van der Waals surface area contributed by atoms with Crippen LogP contribution in [-0.2, 0) is 10.2 Å². The van der Waals surface area contributed by atoms with E-state index in [-0.39, 0.29) is 11.8 Å². The minimum atomic E-state index is -0.817. The number of rotatable bonds is 3. The predicted molar refractivity (Wildman–Crippen MR) is 86.0 cm³/mol. The Morgan fingerprint density at radius 2 is 1.91 bits per heavy atom. The lowest BCUT2D eigenvalue weighted by Gasteiger charge is -2.26. The number of furan rings is 1. The van der Waals surface area contributed by atoms with Crippen molar-refractivity contribution < 1.29 is 14.0 Å². The number of hydrogen-bond donors (Lipinski definition) is 1. The van der Waals surface area contributed by atoms with Gasteiger partial charge in [0.1, 0.15) is 5.76 Å². The molecule has 0 spiro atoms. The molecule has 3 rings (SSSR count). The van der Waals surface area contributed by atoms with E-state index in [1.54, 1.807) is 18.1 Å². The van der Waals surface area contributed by atoms with Crippen LogP contribution in [-0.4, -0.2) is 29.8 Å². The van der Waals surface area contributed by atoms with Crippen LogP contribution in [0.25, 0.3) is 0 Å². The smallest absolute Gasteiger partial charge is 0.257 e. The van der Waals surface area contributed by atoms with E-state index in [0.29, 0.717) is 30.8 Å². The van der Waals surface area contributed by atoms with E-state index in [1.807, 2.05) is 37.3 Å². The summed E-state index contributed by atoms with van der Waals surface area (Å²) in [5, 5.41) is 0. The number of amides is 2. The highest BCUT2D eigenvalue weighted by molar-refractivity contribution is 5.98. The molecule has 120 valence electrons. The highest BCUT2D eigenvalue weighted by Crippen LogP contribution is 2.35. The molecule has 0 bridgehead atoms. The zero-order valence-electron chi connectivity index (χ0n) is 13.3. The fraction of sp³-hybridized carbons (Fsp3) is 0.333. The van der Waals surface area contributed by atoms with Crippen molar-refractivity contribution in [3.05, 3.63) is 59.0 Å². The average molecular weight is 312 g/mol. The quantitative estimate of drug-likeness (QED) is 0.943. The first-order chi connectivity index (χ1) is 11.0. The van der Waals surface area contributed by atoms with E-state index < -0.39 is 5.41 Å². The number of aryl methyl sites for hydroxylation is 2. The lowest BCUT2D eigenvalue weighted by atomic mass is 9.79. The summed E-state index contributed by atoms with van der Waals surface area (Å²) in [5.41, 5.74) is 7.15. The Labute approximate surface area is 135 Å². The molecule has 2 amide bonds. The molecule has 0 radical (unpaired) electrons. The molecule has 1 aromatic carbocycles. The summed E-state index contributed by atoms with van der Waals surface area (Å²) >= 11 is 0. The van der Waals surface area contributed by atoms with E-state index in [4.69, 9.17) is 10.2 Å². The second-order valence-electron chi connectivity index (χ2n) is 6.14. The second kappa shape index (κ2) is 5.57. The Balaban J connectivity index is 1.92. The van der Waals surface area contributed by atoms with Crippen LogP contribution in [0, 0.1) is 13.8 Å². The lowest BCUT2D eigenvalue weighted by Crippen LogP contribution is -2.44. The van der Waals surface area contributed by atoms with Crippen molar-refractivity contribution in [3.63, 3.8) is 0 Å². The first kappa shape index (κ1) is 15.3. The van der Waals surface area contributed by atoms with Crippen molar-refractivity contribution in [1.29, 1.82) is 0 Å². The van der Waals surface area contributed by atoms with Crippen LogP contribution in [0.5, 0.6) is 0 Å². The summed E-state index contributed by atoms with van der Waals surface area (Å²) in [6.45, 7) is 4.42. The Bertz CT molecular complexity index is 731. The van der Waals surface area contributed by atoms with E-state index in [2.05, 4.69) is 0 Å². The van der Waals surface area contributed by atoms with Crippen LogP contribution in [0.15, 0.2) is 41.0 Å². The molecule has 1 saturated heterocycles. The predicted octanol–water partition coefficient (Wildman–Crippen LogP) is 2.17. The minimum absolute atomic E-state index is 0.104. The molecule has 1 fully saturated rings. The molecule has 0 aliphatic carbocycles. The van der Waals surface area contributed by atoms with Crippen LogP contribution < -0.4 is 5.73 Å². The molecular weight excluding hydrogens is 292 g/mol. The third-order valence-corrected chi connectivity index (χ3v) is 4.73. The van der Waals surface area contributed by atoms with Crippen LogP contribution in [0.4, 0.5) is 0 Å². The molecule has 1 aliphatic rings. The van der Waals surface area contributed by atoms with Gasteiger partial charge in [0.25, 0.3) is 5.91 Å². The first-order valence-electron chi connectivity index (χ1n) is 7.65. The van der Waals surface area contributed by atoms with E-state index in [1.165, 1.54) is 0 Å². The Morgan fingerprint density at radius 1 is 1.22 bits per heavy atom. The molecule has 5 heteroatoms. The molecule has 2 aromatic rings. The van der Waals surface area contributed by atoms with Crippen molar-refractivity contribution in [2.75, 3.05) is 13.1 Å². The number of carbonyl (C=O) groups excluding carboxylic acids is 2. The second-order valence-corrected chi connectivity index (χ2v) is 6.14. The van der Waals surface area contributed by atoms with Crippen LogP contribution >= 0.6 is 0 Å². The Hall–Kier alpha value is -2.56. The lowest BCUT2D eigenvalue weighted by molar-refractivity contribution is -0.123. The molecule has 2 N–H and O–H groups in total. The van der Waals surface area contributed by atoms with Gasteiger partial charge in [-0.3, -0.25) is 9.59 Å². The number of hydrogen-bond acceptors (Lipinski definition) is 3. The van der Waals surface area contributed by atoms with Crippen molar-refractivity contribution >= 4 is 11.8 Å². The molecule has 1 aromatic heterocycles. The van der Waals surface area contributed by atoms with Crippen molar-refractivity contribution in [2.45, 2.75) is 25.7 Å². The van der Waals surface area contributed by atoms with Gasteiger partial charge < -0.3 is 15.1 Å². The Kier molecular flexibility index (Phi) is 3.72. The van der Waals surface area contributed by atoms with Crippen LogP contribution in [0.1, 0.15) is 33.7 Å². The van der Waals surface area contributed by atoms with E-state index in [0.717, 1.165) is 11.1 Å². The first-order valence-corrected chi connectivity index (χ1v) is 7.65. The highest BCUT2D eigenvalue weighted by atomic mass is 16.3. The summed E-state index contributed by atoms with van der Waals surface area (Å²) in [7, 11) is 0. The monoisotopic (exact) mass is 312 g/mol. The SMILES string of the molecule is Cc1coc(C)c1C(=O)N1CCC(C(N)=O)(c2ccccc2)C1. The number of benzene rings is 1. The molecule has 23 heavy (non-hydrogen) atoms. The van der Waals surface area contributed by atoms with Gasteiger partial charge in [-0.1, -0.05) is 30.3 Å². The summed E-state index contributed by atoms with van der Waals surface area (Å²) in [6.07, 6.45) is 2.12. The summed E-state index contributed by atoms with van der Waals surface area (Å²) in [6, 6.07) is 9.46. The number of nitrogens with two attached hydrogens (primary N) is 1. The minimum Gasteiger partial charge on any atom is -0.469 e. The van der Waals surface area contributed by atoms with Gasteiger partial charge in [-0.15, -0.1) is 0 Å². The van der Waals surface area contributed by atoms with E-state index in [9.17, 15) is 9.59 Å². The van der Waals surface area contributed by atoms with Gasteiger partial charge in [0.05, 0.1) is 17.2 Å². The normalized spacial score (nSPS) is 20.7. The van der Waals surface area contributed by atoms with Gasteiger partial charge in [0.2, 0.25) is 5.91 Å².